The van der Waals surface area contributed by atoms with Gasteiger partial charge in [-0.2, -0.15) is 0 Å². The number of hydrogen-bond acceptors (Lipinski definition) is 3. The minimum Gasteiger partial charge on any atom is -0.494 e. The van der Waals surface area contributed by atoms with Crippen LogP contribution < -0.4 is 15.4 Å². The van der Waals surface area contributed by atoms with Gasteiger partial charge in [-0.3, -0.25) is 9.79 Å². The number of nitrogens with zero attached hydrogens (tertiary/aromatic N) is 2. The van der Waals surface area contributed by atoms with Gasteiger partial charge in [0.15, 0.2) is 5.96 Å². The van der Waals surface area contributed by atoms with Crippen LogP contribution in [0.1, 0.15) is 46.6 Å². The second-order valence-corrected chi connectivity index (χ2v) is 7.64. The van der Waals surface area contributed by atoms with Crippen molar-refractivity contribution in [3.8, 4) is 5.75 Å². The number of hydrogen-bond donors (Lipinski definition) is 2. The van der Waals surface area contributed by atoms with Crippen molar-refractivity contribution in [2.75, 3.05) is 33.3 Å². The summed E-state index contributed by atoms with van der Waals surface area (Å²) in [6.45, 7) is 12.4. The first kappa shape index (κ1) is 26.5. The van der Waals surface area contributed by atoms with E-state index in [9.17, 15) is 4.79 Å². The molecule has 160 valence electrons. The Hall–Kier alpha value is -1.51. The molecule has 6 nitrogen and oxygen atoms in total. The third kappa shape index (κ3) is 11.4. The molecule has 0 spiro atoms. The van der Waals surface area contributed by atoms with Crippen molar-refractivity contribution in [1.29, 1.82) is 0 Å². The third-order valence-electron chi connectivity index (χ3n) is 3.63. The van der Waals surface area contributed by atoms with Crippen molar-refractivity contribution in [1.82, 2.24) is 15.5 Å². The molecule has 0 aliphatic heterocycles. The Labute approximate surface area is 187 Å². The number of amides is 1. The summed E-state index contributed by atoms with van der Waals surface area (Å²) in [5.74, 6) is 1.62. The molecule has 0 atom stereocenters. The molecule has 1 rings (SSSR count). The maximum absolute atomic E-state index is 12.1. The van der Waals surface area contributed by atoms with Gasteiger partial charge in [-0.1, -0.05) is 19.1 Å². The number of nitrogens with one attached hydrogen (secondary N) is 2. The topological polar surface area (TPSA) is 66.0 Å². The number of aliphatic imine (C=N–C) groups is 1. The van der Waals surface area contributed by atoms with Crippen LogP contribution in [0.15, 0.2) is 29.3 Å². The van der Waals surface area contributed by atoms with Crippen LogP contribution in [0.2, 0.25) is 0 Å². The van der Waals surface area contributed by atoms with E-state index in [2.05, 4.69) is 34.7 Å². The summed E-state index contributed by atoms with van der Waals surface area (Å²) in [6.07, 6.45) is 1.82. The minimum atomic E-state index is -0.238. The normalized spacial score (nSPS) is 11.4. The largest absolute Gasteiger partial charge is 0.494 e. The molecule has 0 aliphatic carbocycles. The number of carbonyl (C=O) groups excluding carboxylic acids is 1. The highest BCUT2D eigenvalue weighted by molar-refractivity contribution is 14.0. The average Bonchev–Trinajstić information content (AvgIpc) is 2.57. The zero-order valence-electron chi connectivity index (χ0n) is 18.2. The maximum atomic E-state index is 12.1. The third-order valence-corrected chi connectivity index (χ3v) is 3.63. The predicted octanol–water partition coefficient (Wildman–Crippen LogP) is 3.45. The molecule has 0 fully saturated rings. The van der Waals surface area contributed by atoms with Crippen LogP contribution in [0.5, 0.6) is 5.75 Å². The highest BCUT2D eigenvalue weighted by atomic mass is 127. The molecule has 1 aromatic rings. The van der Waals surface area contributed by atoms with E-state index in [0.717, 1.165) is 37.7 Å². The fourth-order valence-corrected chi connectivity index (χ4v) is 2.52. The number of halogens is 1. The summed E-state index contributed by atoms with van der Waals surface area (Å²) in [5, 5.41) is 6.22. The van der Waals surface area contributed by atoms with Crippen molar-refractivity contribution in [2.45, 2.75) is 53.0 Å². The molecule has 0 unspecified atom stereocenters. The second-order valence-electron chi connectivity index (χ2n) is 7.64. The molecule has 0 aromatic heterocycles. The highest BCUT2D eigenvalue weighted by Crippen LogP contribution is 2.14. The lowest BCUT2D eigenvalue weighted by Crippen LogP contribution is -2.48. The number of benzene rings is 1. The quantitative estimate of drug-likeness (QED) is 0.307. The summed E-state index contributed by atoms with van der Waals surface area (Å²) in [6, 6.07) is 8.15. The maximum Gasteiger partial charge on any atom is 0.240 e. The van der Waals surface area contributed by atoms with Gasteiger partial charge in [0.25, 0.3) is 0 Å². The highest BCUT2D eigenvalue weighted by Gasteiger charge is 2.16. The fourth-order valence-electron chi connectivity index (χ4n) is 2.52. The molecule has 0 saturated heterocycles. The van der Waals surface area contributed by atoms with Gasteiger partial charge in [0, 0.05) is 25.7 Å². The van der Waals surface area contributed by atoms with E-state index < -0.39 is 0 Å². The molecular weight excluding hydrogens is 467 g/mol. The lowest BCUT2D eigenvalue weighted by atomic mass is 10.1. The van der Waals surface area contributed by atoms with E-state index in [4.69, 9.17) is 4.74 Å². The molecule has 0 heterocycles. The summed E-state index contributed by atoms with van der Waals surface area (Å²) >= 11 is 0. The second kappa shape index (κ2) is 13.6. The first-order valence-electron chi connectivity index (χ1n) is 9.77. The van der Waals surface area contributed by atoms with Crippen LogP contribution in [0.3, 0.4) is 0 Å². The first-order chi connectivity index (χ1) is 12.7. The van der Waals surface area contributed by atoms with Crippen molar-refractivity contribution in [3.63, 3.8) is 0 Å². The fraction of sp³-hybridized carbons (Fsp3) is 0.619. The Kier molecular flexibility index (Phi) is 12.9. The van der Waals surface area contributed by atoms with Gasteiger partial charge >= 0.3 is 0 Å². The zero-order chi connectivity index (χ0) is 20.3. The van der Waals surface area contributed by atoms with Gasteiger partial charge < -0.3 is 20.3 Å². The van der Waals surface area contributed by atoms with Crippen LogP contribution in [-0.4, -0.2) is 55.6 Å². The van der Waals surface area contributed by atoms with E-state index in [0.29, 0.717) is 6.54 Å². The number of ether oxygens (including phenoxy) is 1. The van der Waals surface area contributed by atoms with E-state index in [-0.39, 0.29) is 42.0 Å². The van der Waals surface area contributed by atoms with Crippen molar-refractivity contribution >= 4 is 35.8 Å². The molecule has 0 radical (unpaired) electrons. The Bertz CT molecular complexity index is 615. The standard InChI is InChI=1S/C21H36N4O2.HI/c1-7-14-27-18-11-9-10-17(15-18)12-13-23-20(22-8-2)25(6)16-19(26)24-21(3,4)5;/h9-11,15H,7-8,12-14,16H2,1-6H3,(H,22,23)(H,24,26);1H. The van der Waals surface area contributed by atoms with Gasteiger partial charge in [-0.25, -0.2) is 0 Å². The first-order valence-corrected chi connectivity index (χ1v) is 9.77. The van der Waals surface area contributed by atoms with Gasteiger partial charge in [-0.05, 0) is 58.2 Å². The van der Waals surface area contributed by atoms with Crippen molar-refractivity contribution in [3.05, 3.63) is 29.8 Å². The van der Waals surface area contributed by atoms with Gasteiger partial charge in [-0.15, -0.1) is 24.0 Å². The van der Waals surface area contributed by atoms with Crippen molar-refractivity contribution < 1.29 is 9.53 Å². The monoisotopic (exact) mass is 504 g/mol. The van der Waals surface area contributed by atoms with E-state index in [1.165, 1.54) is 5.56 Å². The van der Waals surface area contributed by atoms with E-state index >= 15 is 0 Å². The molecule has 1 aromatic carbocycles. The van der Waals surface area contributed by atoms with Gasteiger partial charge in [0.2, 0.25) is 5.91 Å². The van der Waals surface area contributed by atoms with Crippen LogP contribution in [-0.2, 0) is 11.2 Å². The van der Waals surface area contributed by atoms with Gasteiger partial charge in [0.1, 0.15) is 5.75 Å². The Balaban J connectivity index is 0.00000729. The smallest absolute Gasteiger partial charge is 0.240 e. The summed E-state index contributed by atoms with van der Waals surface area (Å²) in [5.41, 5.74) is 0.953. The van der Waals surface area contributed by atoms with Crippen LogP contribution >= 0.6 is 24.0 Å². The molecule has 2 N–H and O–H groups in total. The number of carbonyl (C=O) groups is 1. The zero-order valence-corrected chi connectivity index (χ0v) is 20.5. The summed E-state index contributed by atoms with van der Waals surface area (Å²) in [4.78, 5) is 18.7. The summed E-state index contributed by atoms with van der Waals surface area (Å²) < 4.78 is 5.68. The lowest BCUT2D eigenvalue weighted by molar-refractivity contribution is -0.122. The van der Waals surface area contributed by atoms with Crippen LogP contribution in [0.25, 0.3) is 0 Å². The Morgan fingerprint density at radius 3 is 2.57 bits per heavy atom. The van der Waals surface area contributed by atoms with Crippen LogP contribution in [0, 0.1) is 0 Å². The molecule has 1 amide bonds. The molecule has 0 bridgehead atoms. The predicted molar refractivity (Wildman–Crippen MR) is 128 cm³/mol. The molecule has 0 saturated carbocycles. The summed E-state index contributed by atoms with van der Waals surface area (Å²) in [7, 11) is 1.88. The van der Waals surface area contributed by atoms with Crippen LogP contribution in [0.4, 0.5) is 0 Å². The Morgan fingerprint density at radius 2 is 1.96 bits per heavy atom. The Morgan fingerprint density at radius 1 is 1.25 bits per heavy atom. The van der Waals surface area contributed by atoms with E-state index in [1.54, 1.807) is 0 Å². The molecule has 28 heavy (non-hydrogen) atoms. The number of rotatable bonds is 9. The SMILES string of the molecule is CCCOc1cccc(CCN=C(NCC)N(C)CC(=O)NC(C)(C)C)c1.I. The lowest BCUT2D eigenvalue weighted by Gasteiger charge is -2.25. The minimum absolute atomic E-state index is 0. The number of guanidine groups is 1. The molecular formula is C21H37IN4O2. The molecule has 7 heteroatoms. The van der Waals surface area contributed by atoms with Crippen molar-refractivity contribution in [2.24, 2.45) is 4.99 Å². The van der Waals surface area contributed by atoms with E-state index in [1.807, 2.05) is 51.8 Å². The average molecular weight is 504 g/mol. The number of likely N-dealkylation sites (N-methyl/N-ethyl adjacent to an activating group) is 1. The van der Waals surface area contributed by atoms with Gasteiger partial charge in [0.05, 0.1) is 13.2 Å². The molecule has 0 aliphatic rings.